The molecule has 0 radical (unpaired) electrons. The first kappa shape index (κ1) is 11.6. The number of hydrogen-bond donors (Lipinski definition) is 1. The van der Waals surface area contributed by atoms with Gasteiger partial charge in [0.05, 0.1) is 0 Å². The highest BCUT2D eigenvalue weighted by Gasteiger charge is 2.20. The third-order valence-electron chi connectivity index (χ3n) is 2.12. The van der Waals surface area contributed by atoms with Gasteiger partial charge >= 0.3 is 0 Å². The molecule has 0 bridgehead atoms. The van der Waals surface area contributed by atoms with Crippen molar-refractivity contribution in [3.05, 3.63) is 0 Å². The normalized spacial score (nSPS) is 16.2. The lowest BCUT2D eigenvalue weighted by molar-refractivity contribution is -0.131. The molecule has 0 saturated heterocycles. The lowest BCUT2D eigenvalue weighted by atomic mass is 9.94. The maximum atomic E-state index is 11.4. The molecule has 2 heteroatoms. The van der Waals surface area contributed by atoms with E-state index in [0.717, 1.165) is 6.42 Å². The molecule has 0 rings (SSSR count). The van der Waals surface area contributed by atoms with Gasteiger partial charge in [-0.1, -0.05) is 27.7 Å². The second-order valence-corrected chi connectivity index (χ2v) is 3.86. The molecule has 2 nitrogen and oxygen atoms in total. The van der Waals surface area contributed by atoms with Gasteiger partial charge in [-0.05, 0) is 18.8 Å². The molecule has 2 unspecified atom stereocenters. The Labute approximate surface area is 75.0 Å². The highest BCUT2D eigenvalue weighted by Crippen LogP contribution is 2.11. The Balaban J connectivity index is 3.92. The monoisotopic (exact) mass is 172 g/mol. The Kier molecular flexibility index (Phi) is 5.14. The first-order valence-electron chi connectivity index (χ1n) is 4.70. The van der Waals surface area contributed by atoms with Gasteiger partial charge < -0.3 is 5.11 Å². The largest absolute Gasteiger partial charge is 0.385 e. The summed E-state index contributed by atoms with van der Waals surface area (Å²) in [5, 5.41) is 9.44. The van der Waals surface area contributed by atoms with Crippen molar-refractivity contribution in [2.75, 3.05) is 0 Å². The average molecular weight is 172 g/mol. The summed E-state index contributed by atoms with van der Waals surface area (Å²) in [5.74, 6) is 0.373. The number of carbonyl (C=O) groups is 1. The lowest BCUT2D eigenvalue weighted by Gasteiger charge is -2.15. The Morgan fingerprint density at radius 2 is 1.83 bits per heavy atom. The zero-order valence-electron chi connectivity index (χ0n) is 8.50. The first-order chi connectivity index (χ1) is 5.49. The van der Waals surface area contributed by atoms with Crippen LogP contribution in [-0.2, 0) is 4.79 Å². The van der Waals surface area contributed by atoms with Crippen LogP contribution in [0.1, 0.15) is 40.5 Å². The van der Waals surface area contributed by atoms with Crippen molar-refractivity contribution in [1.29, 1.82) is 0 Å². The molecule has 0 saturated carbocycles. The molecule has 0 aliphatic carbocycles. The van der Waals surface area contributed by atoms with Crippen LogP contribution in [0.5, 0.6) is 0 Å². The Morgan fingerprint density at radius 1 is 1.33 bits per heavy atom. The molecule has 0 aliphatic heterocycles. The van der Waals surface area contributed by atoms with Gasteiger partial charge in [-0.15, -0.1) is 0 Å². The molecule has 72 valence electrons. The minimum Gasteiger partial charge on any atom is -0.385 e. The van der Waals surface area contributed by atoms with Crippen molar-refractivity contribution in [1.82, 2.24) is 0 Å². The van der Waals surface area contributed by atoms with E-state index in [4.69, 9.17) is 0 Å². The quantitative estimate of drug-likeness (QED) is 0.688. The first-order valence-corrected chi connectivity index (χ1v) is 4.70. The summed E-state index contributed by atoms with van der Waals surface area (Å²) in [4.78, 5) is 11.4. The number of aliphatic hydroxyl groups is 1. The predicted molar refractivity (Wildman–Crippen MR) is 49.9 cm³/mol. The summed E-state index contributed by atoms with van der Waals surface area (Å²) >= 11 is 0. The van der Waals surface area contributed by atoms with E-state index in [0.29, 0.717) is 12.3 Å². The average Bonchev–Trinajstić information content (AvgIpc) is 2.00. The van der Waals surface area contributed by atoms with Crippen molar-refractivity contribution in [3.8, 4) is 0 Å². The van der Waals surface area contributed by atoms with E-state index in [2.05, 4.69) is 0 Å². The van der Waals surface area contributed by atoms with Gasteiger partial charge in [0, 0.05) is 5.92 Å². The van der Waals surface area contributed by atoms with Crippen molar-refractivity contribution in [2.45, 2.75) is 46.6 Å². The zero-order valence-corrected chi connectivity index (χ0v) is 8.50. The SMILES string of the molecule is CCC(C)C(=O)C(O)CC(C)C. The van der Waals surface area contributed by atoms with Crippen LogP contribution in [0.3, 0.4) is 0 Å². The number of ketones is 1. The van der Waals surface area contributed by atoms with Crippen molar-refractivity contribution >= 4 is 5.78 Å². The summed E-state index contributed by atoms with van der Waals surface area (Å²) in [5.41, 5.74) is 0. The van der Waals surface area contributed by atoms with Gasteiger partial charge in [0.15, 0.2) is 5.78 Å². The van der Waals surface area contributed by atoms with E-state index in [1.165, 1.54) is 0 Å². The van der Waals surface area contributed by atoms with Gasteiger partial charge in [-0.25, -0.2) is 0 Å². The van der Waals surface area contributed by atoms with Crippen LogP contribution in [0.25, 0.3) is 0 Å². The van der Waals surface area contributed by atoms with Gasteiger partial charge in [0.2, 0.25) is 0 Å². The van der Waals surface area contributed by atoms with Crippen LogP contribution in [0.2, 0.25) is 0 Å². The molecule has 0 heterocycles. The summed E-state index contributed by atoms with van der Waals surface area (Å²) in [6.07, 6.45) is 0.650. The minimum atomic E-state index is -0.750. The van der Waals surface area contributed by atoms with Gasteiger partial charge in [0.1, 0.15) is 6.10 Å². The zero-order chi connectivity index (χ0) is 9.72. The number of aliphatic hydroxyl groups excluding tert-OH is 1. The molecule has 0 amide bonds. The fraction of sp³-hybridized carbons (Fsp3) is 0.900. The molecule has 0 aromatic carbocycles. The maximum absolute atomic E-state index is 11.4. The summed E-state index contributed by atoms with van der Waals surface area (Å²) < 4.78 is 0. The lowest BCUT2D eigenvalue weighted by Crippen LogP contribution is -2.27. The fourth-order valence-corrected chi connectivity index (χ4v) is 1.09. The predicted octanol–water partition coefficient (Wildman–Crippen LogP) is 2.01. The van der Waals surface area contributed by atoms with Crippen LogP contribution in [0, 0.1) is 11.8 Å². The van der Waals surface area contributed by atoms with E-state index in [1.54, 1.807) is 0 Å². The molecule has 0 fully saturated rings. The maximum Gasteiger partial charge on any atom is 0.164 e. The minimum absolute atomic E-state index is 0.00116. The molecule has 2 atom stereocenters. The number of rotatable bonds is 5. The molecular formula is C10H20O2. The molecule has 0 aromatic heterocycles. The van der Waals surface area contributed by atoms with Crippen LogP contribution >= 0.6 is 0 Å². The summed E-state index contributed by atoms with van der Waals surface area (Å²) in [6, 6.07) is 0. The molecule has 12 heavy (non-hydrogen) atoms. The van der Waals surface area contributed by atoms with Gasteiger partial charge in [-0.2, -0.15) is 0 Å². The molecule has 0 aliphatic rings. The second-order valence-electron chi connectivity index (χ2n) is 3.86. The molecule has 0 aromatic rings. The molecule has 0 spiro atoms. The Hall–Kier alpha value is -0.370. The van der Waals surface area contributed by atoms with E-state index in [1.807, 2.05) is 27.7 Å². The van der Waals surface area contributed by atoms with E-state index in [-0.39, 0.29) is 11.7 Å². The van der Waals surface area contributed by atoms with Crippen molar-refractivity contribution in [2.24, 2.45) is 11.8 Å². The third kappa shape index (κ3) is 3.86. The summed E-state index contributed by atoms with van der Waals surface area (Å²) in [7, 11) is 0. The standard InChI is InChI=1S/C10H20O2/c1-5-8(4)10(12)9(11)6-7(2)3/h7-9,11H,5-6H2,1-4H3. The number of Topliss-reactive ketones (excluding diaryl/α,β-unsaturated/α-hetero) is 1. The Bertz CT molecular complexity index is 141. The number of hydrogen-bond acceptors (Lipinski definition) is 2. The molecular weight excluding hydrogens is 152 g/mol. The fourth-order valence-electron chi connectivity index (χ4n) is 1.09. The van der Waals surface area contributed by atoms with Crippen LogP contribution < -0.4 is 0 Å². The highest BCUT2D eigenvalue weighted by molar-refractivity contribution is 5.84. The Morgan fingerprint density at radius 3 is 2.17 bits per heavy atom. The molecule has 1 N–H and O–H groups in total. The smallest absolute Gasteiger partial charge is 0.164 e. The van der Waals surface area contributed by atoms with Crippen LogP contribution in [0.4, 0.5) is 0 Å². The van der Waals surface area contributed by atoms with Gasteiger partial charge in [-0.3, -0.25) is 4.79 Å². The topological polar surface area (TPSA) is 37.3 Å². The number of carbonyl (C=O) groups excluding carboxylic acids is 1. The van der Waals surface area contributed by atoms with E-state index in [9.17, 15) is 9.90 Å². The van der Waals surface area contributed by atoms with E-state index < -0.39 is 6.10 Å². The van der Waals surface area contributed by atoms with Crippen molar-refractivity contribution < 1.29 is 9.90 Å². The van der Waals surface area contributed by atoms with Crippen LogP contribution in [0.15, 0.2) is 0 Å². The van der Waals surface area contributed by atoms with Crippen LogP contribution in [-0.4, -0.2) is 17.0 Å². The highest BCUT2D eigenvalue weighted by atomic mass is 16.3. The third-order valence-corrected chi connectivity index (χ3v) is 2.12. The van der Waals surface area contributed by atoms with E-state index >= 15 is 0 Å². The van der Waals surface area contributed by atoms with Gasteiger partial charge in [0.25, 0.3) is 0 Å². The van der Waals surface area contributed by atoms with Crippen molar-refractivity contribution in [3.63, 3.8) is 0 Å². The second kappa shape index (κ2) is 5.31. The summed E-state index contributed by atoms with van der Waals surface area (Å²) in [6.45, 7) is 7.84.